The van der Waals surface area contributed by atoms with Crippen molar-refractivity contribution >= 4 is 10.1 Å². The fraction of sp³-hybridized carbons (Fsp3) is 0.467. The second kappa shape index (κ2) is 13.9. The molecule has 7 heteroatoms. The third kappa shape index (κ3) is 9.11. The summed E-state index contributed by atoms with van der Waals surface area (Å²) in [6.07, 6.45) is 12.1. The quantitative estimate of drug-likeness (QED) is 0.221. The number of unbranched alkanes of at least 4 members (excludes halogenated alkanes) is 2. The molecule has 0 unspecified atom stereocenters. The Kier molecular flexibility index (Phi) is 10.9. The van der Waals surface area contributed by atoms with Gasteiger partial charge in [-0.3, -0.25) is 4.55 Å². The number of allylic oxidation sites excluding steroid dienone is 2. The van der Waals surface area contributed by atoms with Crippen molar-refractivity contribution < 1.29 is 27.9 Å². The number of fused-ring (bicyclic) bond motifs is 1. The fourth-order valence-corrected chi connectivity index (χ4v) is 5.35. The van der Waals surface area contributed by atoms with Gasteiger partial charge >= 0.3 is 0 Å². The highest BCUT2D eigenvalue weighted by atomic mass is 32.2. The average molecular weight is 529 g/mol. The maximum absolute atomic E-state index is 10.5. The Balaban J connectivity index is 0.000000289. The number of aryl methyl sites for hydroxylation is 2. The lowest BCUT2D eigenvalue weighted by molar-refractivity contribution is 0.111. The number of benzene rings is 2. The number of ether oxygens (including phenoxy) is 1. The molecule has 0 radical (unpaired) electrons. The van der Waals surface area contributed by atoms with E-state index < -0.39 is 16.2 Å². The van der Waals surface area contributed by atoms with Gasteiger partial charge in [-0.25, -0.2) is 0 Å². The van der Waals surface area contributed by atoms with Crippen LogP contribution in [0, 0.1) is 18.8 Å². The van der Waals surface area contributed by atoms with Gasteiger partial charge in [-0.1, -0.05) is 73.5 Å². The van der Waals surface area contributed by atoms with E-state index in [0.29, 0.717) is 18.8 Å². The van der Waals surface area contributed by atoms with Crippen molar-refractivity contribution in [3.8, 4) is 0 Å². The maximum Gasteiger partial charge on any atom is 0.294 e. The summed E-state index contributed by atoms with van der Waals surface area (Å²) in [7, 11) is -4.02. The van der Waals surface area contributed by atoms with Crippen molar-refractivity contribution in [1.82, 2.24) is 0 Å². The molecule has 202 valence electrons. The van der Waals surface area contributed by atoms with Gasteiger partial charge in [-0.15, -0.1) is 0 Å². The minimum Gasteiger partial charge on any atom is -0.495 e. The smallest absolute Gasteiger partial charge is 0.294 e. The van der Waals surface area contributed by atoms with E-state index in [1.807, 2.05) is 37.3 Å². The number of rotatable bonds is 9. The molecule has 3 N–H and O–H groups in total. The predicted molar refractivity (Wildman–Crippen MR) is 146 cm³/mol. The zero-order valence-corrected chi connectivity index (χ0v) is 22.6. The van der Waals surface area contributed by atoms with Crippen LogP contribution in [0.1, 0.15) is 56.6 Å². The van der Waals surface area contributed by atoms with E-state index in [-0.39, 0.29) is 23.0 Å². The van der Waals surface area contributed by atoms with Gasteiger partial charge in [0, 0.05) is 24.7 Å². The highest BCUT2D eigenvalue weighted by Gasteiger charge is 2.46. The van der Waals surface area contributed by atoms with Crippen LogP contribution in [0.15, 0.2) is 83.5 Å². The van der Waals surface area contributed by atoms with Crippen molar-refractivity contribution in [2.24, 2.45) is 11.8 Å². The van der Waals surface area contributed by atoms with E-state index in [0.717, 1.165) is 30.6 Å². The monoisotopic (exact) mass is 528 g/mol. The third-order valence-electron chi connectivity index (χ3n) is 7.01. The molecule has 1 aliphatic carbocycles. The first kappa shape index (κ1) is 29.1. The van der Waals surface area contributed by atoms with Crippen LogP contribution in [0.5, 0.6) is 0 Å². The molecule has 1 saturated carbocycles. The lowest BCUT2D eigenvalue weighted by Gasteiger charge is -2.16. The summed E-state index contributed by atoms with van der Waals surface area (Å²) < 4.78 is 35.6. The van der Waals surface area contributed by atoms with Gasteiger partial charge in [-0.05, 0) is 56.4 Å². The van der Waals surface area contributed by atoms with Crippen LogP contribution in [-0.2, 0) is 21.3 Å². The molecule has 37 heavy (non-hydrogen) atoms. The molecule has 6 nitrogen and oxygen atoms in total. The third-order valence-corrected chi connectivity index (χ3v) is 7.87. The number of aliphatic hydroxyl groups excluding tert-OH is 2. The maximum atomic E-state index is 10.5. The van der Waals surface area contributed by atoms with Gasteiger partial charge in [0.1, 0.15) is 6.10 Å². The molecule has 2 aliphatic rings. The number of aliphatic hydroxyl groups is 2. The van der Waals surface area contributed by atoms with Gasteiger partial charge in [0.2, 0.25) is 0 Å². The first-order chi connectivity index (χ1) is 17.7. The Labute approximate surface area is 221 Å². The molecule has 0 spiro atoms. The molecular formula is C30H40O6S. The minimum absolute atomic E-state index is 0.0666. The fourth-order valence-electron chi connectivity index (χ4n) is 4.87. The Morgan fingerprint density at radius 2 is 1.81 bits per heavy atom. The zero-order valence-electron chi connectivity index (χ0n) is 21.7. The van der Waals surface area contributed by atoms with Crippen molar-refractivity contribution in [2.75, 3.05) is 0 Å². The van der Waals surface area contributed by atoms with Crippen molar-refractivity contribution in [1.29, 1.82) is 0 Å². The first-order valence-electron chi connectivity index (χ1n) is 13.2. The van der Waals surface area contributed by atoms with Gasteiger partial charge in [0.05, 0.1) is 22.9 Å². The molecule has 1 aliphatic heterocycles. The van der Waals surface area contributed by atoms with Crippen molar-refractivity contribution in [2.45, 2.75) is 82.0 Å². The molecule has 4 rings (SSSR count). The Bertz CT molecular complexity index is 1120. The van der Waals surface area contributed by atoms with Gasteiger partial charge in [0.25, 0.3) is 10.1 Å². The molecule has 0 amide bonds. The largest absolute Gasteiger partial charge is 0.495 e. The summed E-state index contributed by atoms with van der Waals surface area (Å²) in [5.74, 6) is 1.53. The van der Waals surface area contributed by atoms with Crippen LogP contribution >= 0.6 is 0 Å². The molecule has 5 atom stereocenters. The summed E-state index contributed by atoms with van der Waals surface area (Å²) >= 11 is 0. The van der Waals surface area contributed by atoms with E-state index in [2.05, 4.69) is 25.1 Å². The van der Waals surface area contributed by atoms with E-state index in [1.54, 1.807) is 12.1 Å². The van der Waals surface area contributed by atoms with Gasteiger partial charge in [-0.2, -0.15) is 8.42 Å². The van der Waals surface area contributed by atoms with Crippen LogP contribution in [-0.4, -0.2) is 41.5 Å². The number of hydrogen-bond donors (Lipinski definition) is 3. The second-order valence-electron chi connectivity index (χ2n) is 9.98. The Morgan fingerprint density at radius 1 is 1.11 bits per heavy atom. The highest BCUT2D eigenvalue weighted by molar-refractivity contribution is 7.85. The molecule has 2 aromatic rings. The standard InChI is InChI=1S/C23H32O3.C7H8O3S/c1-2-3-5-10-19-15-21-20(22(25)16-23(21)26-19)14-13-18(24)12-11-17-8-6-4-7-9-17;1-6-2-4-7(5-3-6)11(8,9)10/h4,6-10,13-14,18,20-25H,2-3,5,11-12,15-16H2,1H3;2-5H,1H3,(H,8,9,10)/b14-13+,19-10+;/t18-,20+,21+,22+,23-;/m0./s1. The SMILES string of the molecule is CCCC/C=C1\C[C@@H]2[C@@H](/C=C/[C@@H](O)CCc3ccccc3)[C@H](O)C[C@@H]2O1.Cc1ccc(S(=O)(=O)O)cc1. The van der Waals surface area contributed by atoms with Crippen LogP contribution in [0.3, 0.4) is 0 Å². The molecule has 1 saturated heterocycles. The summed E-state index contributed by atoms with van der Waals surface area (Å²) in [5.41, 5.74) is 2.20. The summed E-state index contributed by atoms with van der Waals surface area (Å²) in [5, 5.41) is 20.7. The van der Waals surface area contributed by atoms with E-state index in [1.165, 1.54) is 30.5 Å². The van der Waals surface area contributed by atoms with Crippen LogP contribution < -0.4 is 0 Å². The molecular weight excluding hydrogens is 488 g/mol. The van der Waals surface area contributed by atoms with E-state index in [9.17, 15) is 18.6 Å². The van der Waals surface area contributed by atoms with Crippen LogP contribution in [0.2, 0.25) is 0 Å². The summed E-state index contributed by atoms with van der Waals surface area (Å²) in [6.45, 7) is 4.04. The summed E-state index contributed by atoms with van der Waals surface area (Å²) in [6, 6.07) is 16.2. The molecule has 0 aromatic heterocycles. The van der Waals surface area contributed by atoms with E-state index in [4.69, 9.17) is 9.29 Å². The van der Waals surface area contributed by atoms with Gasteiger partial charge in [0.15, 0.2) is 0 Å². The average Bonchev–Trinajstić information content (AvgIpc) is 3.38. The first-order valence-corrected chi connectivity index (χ1v) is 14.6. The predicted octanol–water partition coefficient (Wildman–Crippen LogP) is 5.64. The second-order valence-corrected chi connectivity index (χ2v) is 11.4. The van der Waals surface area contributed by atoms with E-state index >= 15 is 0 Å². The lowest BCUT2D eigenvalue weighted by atomic mass is 9.90. The normalized spacial score (nSPS) is 24.9. The minimum atomic E-state index is -4.02. The van der Waals surface area contributed by atoms with Gasteiger partial charge < -0.3 is 14.9 Å². The molecule has 0 bridgehead atoms. The zero-order chi connectivity index (χ0) is 26.8. The molecule has 1 heterocycles. The van der Waals surface area contributed by atoms with Crippen molar-refractivity contribution in [3.63, 3.8) is 0 Å². The Morgan fingerprint density at radius 3 is 2.46 bits per heavy atom. The Hall–Kier alpha value is -2.45. The topological polar surface area (TPSA) is 104 Å². The van der Waals surface area contributed by atoms with Crippen LogP contribution in [0.25, 0.3) is 0 Å². The molecule has 2 fully saturated rings. The molecule has 2 aromatic carbocycles. The van der Waals surface area contributed by atoms with Crippen molar-refractivity contribution in [3.05, 3.63) is 89.7 Å². The lowest BCUT2D eigenvalue weighted by Crippen LogP contribution is -2.18. The number of hydrogen-bond acceptors (Lipinski definition) is 5. The highest BCUT2D eigenvalue weighted by Crippen LogP contribution is 2.45. The van der Waals surface area contributed by atoms with Crippen LogP contribution in [0.4, 0.5) is 0 Å². The summed E-state index contributed by atoms with van der Waals surface area (Å²) in [4.78, 5) is -0.0666.